The molecular formula is C27H33N7O6S2. The van der Waals surface area contributed by atoms with Crippen LogP contribution in [0.1, 0.15) is 17.8 Å². The number of nitrogens with one attached hydrogen (secondary N) is 4. The maximum absolute atomic E-state index is 13.3. The Morgan fingerprint density at radius 3 is 2.52 bits per heavy atom. The van der Waals surface area contributed by atoms with Gasteiger partial charge in [0.05, 0.1) is 16.3 Å². The zero-order chi connectivity index (χ0) is 30.4. The number of sulfone groups is 1. The van der Waals surface area contributed by atoms with Gasteiger partial charge in [-0.1, -0.05) is 36.1 Å². The van der Waals surface area contributed by atoms with Gasteiger partial charge < -0.3 is 35.2 Å². The molecule has 0 spiro atoms. The van der Waals surface area contributed by atoms with Crippen LogP contribution in [0.2, 0.25) is 0 Å². The third-order valence-corrected chi connectivity index (χ3v) is 7.61. The van der Waals surface area contributed by atoms with Gasteiger partial charge in [-0.25, -0.2) is 18.4 Å². The largest absolute Gasteiger partial charge is 0.478 e. The van der Waals surface area contributed by atoms with Gasteiger partial charge in [0, 0.05) is 44.3 Å². The van der Waals surface area contributed by atoms with E-state index in [2.05, 4.69) is 42.6 Å². The van der Waals surface area contributed by atoms with Gasteiger partial charge in [0.15, 0.2) is 33.9 Å². The van der Waals surface area contributed by atoms with Crippen LogP contribution in [0.3, 0.4) is 0 Å². The number of rotatable bonds is 17. The Labute approximate surface area is 249 Å². The number of aromatic nitrogens is 3. The van der Waals surface area contributed by atoms with Crippen LogP contribution >= 0.6 is 12.2 Å². The number of oxime groups is 1. The predicted octanol–water partition coefficient (Wildman–Crippen LogP) is 2.56. The van der Waals surface area contributed by atoms with E-state index in [-0.39, 0.29) is 28.8 Å². The molecule has 0 atom stereocenters. The zero-order valence-electron chi connectivity index (χ0n) is 23.3. The minimum Gasteiger partial charge on any atom is -0.478 e. The summed E-state index contributed by atoms with van der Waals surface area (Å²) in [6, 6.07) is 10.8. The van der Waals surface area contributed by atoms with Crippen LogP contribution in [0.25, 0.3) is 0 Å². The number of nitrogens with zero attached hydrogens (tertiary/aromatic N) is 3. The molecule has 0 saturated heterocycles. The normalized spacial score (nSPS) is 11.5. The lowest BCUT2D eigenvalue weighted by Gasteiger charge is -2.14. The Hall–Kier alpha value is -4.18. The third-order valence-electron chi connectivity index (χ3n) is 5.47. The molecule has 42 heavy (non-hydrogen) atoms. The first kappa shape index (κ1) is 32.3. The summed E-state index contributed by atoms with van der Waals surface area (Å²) in [5, 5.41) is 12.6. The minimum absolute atomic E-state index is 0.0708. The fourth-order valence-electron chi connectivity index (χ4n) is 3.41. The summed E-state index contributed by atoms with van der Waals surface area (Å²) in [7, 11) is -0.200. The number of carbonyl (C=O) groups excluding carboxylic acids is 1. The maximum Gasteiger partial charge on any atom is 0.279 e. The van der Waals surface area contributed by atoms with Gasteiger partial charge in [-0.3, -0.25) is 4.79 Å². The summed E-state index contributed by atoms with van der Waals surface area (Å²) in [4.78, 5) is 29.8. The van der Waals surface area contributed by atoms with Gasteiger partial charge >= 0.3 is 0 Å². The molecule has 1 aromatic carbocycles. The van der Waals surface area contributed by atoms with E-state index in [0.29, 0.717) is 53.8 Å². The van der Waals surface area contributed by atoms with Crippen molar-refractivity contribution in [2.75, 3.05) is 45.0 Å². The molecular weight excluding hydrogens is 582 g/mol. The molecule has 224 valence electrons. The second-order valence-electron chi connectivity index (χ2n) is 8.64. The van der Waals surface area contributed by atoms with E-state index in [1.807, 2.05) is 7.05 Å². The van der Waals surface area contributed by atoms with E-state index in [1.165, 1.54) is 31.4 Å². The Balaban J connectivity index is 1.75. The van der Waals surface area contributed by atoms with Gasteiger partial charge in [0.2, 0.25) is 0 Å². The molecule has 2 heterocycles. The topological polar surface area (TPSA) is 169 Å². The van der Waals surface area contributed by atoms with E-state index >= 15 is 0 Å². The number of benzene rings is 1. The quantitative estimate of drug-likeness (QED) is 0.0762. The monoisotopic (exact) mass is 615 g/mol. The maximum atomic E-state index is 13.3. The summed E-state index contributed by atoms with van der Waals surface area (Å²) in [5.74, 6) is 0.225. The molecule has 0 aliphatic carbocycles. The average molecular weight is 616 g/mol. The van der Waals surface area contributed by atoms with Crippen molar-refractivity contribution in [3.8, 4) is 5.88 Å². The minimum atomic E-state index is -3.53. The van der Waals surface area contributed by atoms with Crippen molar-refractivity contribution < 1.29 is 27.5 Å². The van der Waals surface area contributed by atoms with Crippen molar-refractivity contribution in [1.29, 1.82) is 0 Å². The second-order valence-corrected chi connectivity index (χ2v) is 11.2. The van der Waals surface area contributed by atoms with E-state index in [1.54, 1.807) is 30.6 Å². The van der Waals surface area contributed by atoms with E-state index in [0.717, 1.165) is 0 Å². The molecule has 0 unspecified atom stereocenters. The Bertz CT molecular complexity index is 1530. The number of hydrogen-bond acceptors (Lipinski definition) is 12. The SMILES string of the molecule is C=C(NC(=O)/C(=N/OCc1ncccn1)c1ccc(S(=O)(=O)CCCOC)cc1)Nc1ccc(OCCNC)[nH]c1=S. The average Bonchev–Trinajstić information content (AvgIpc) is 2.97. The van der Waals surface area contributed by atoms with E-state index in [4.69, 9.17) is 26.5 Å². The lowest BCUT2D eigenvalue weighted by Crippen LogP contribution is -2.33. The summed E-state index contributed by atoms with van der Waals surface area (Å²) < 4.78 is 36.1. The van der Waals surface area contributed by atoms with Crippen molar-refractivity contribution in [3.05, 3.63) is 83.3 Å². The molecule has 0 bridgehead atoms. The Morgan fingerprint density at radius 2 is 1.86 bits per heavy atom. The number of amides is 1. The van der Waals surface area contributed by atoms with Crippen molar-refractivity contribution in [2.24, 2.45) is 5.16 Å². The summed E-state index contributed by atoms with van der Waals surface area (Å²) in [5.41, 5.74) is 0.663. The molecule has 1 amide bonds. The molecule has 0 fully saturated rings. The molecule has 3 rings (SSSR count). The van der Waals surface area contributed by atoms with Crippen molar-refractivity contribution in [3.63, 3.8) is 0 Å². The molecule has 0 saturated carbocycles. The molecule has 0 aliphatic heterocycles. The Kier molecular flexibility index (Phi) is 12.6. The molecule has 2 aromatic heterocycles. The van der Waals surface area contributed by atoms with Crippen molar-refractivity contribution in [1.82, 2.24) is 25.6 Å². The van der Waals surface area contributed by atoms with E-state index < -0.39 is 15.7 Å². The molecule has 4 N–H and O–H groups in total. The number of likely N-dealkylation sites (N-methyl/N-ethyl adjacent to an activating group) is 1. The molecule has 13 nitrogen and oxygen atoms in total. The first-order chi connectivity index (χ1) is 20.2. The lowest BCUT2D eigenvalue weighted by molar-refractivity contribution is -0.114. The summed E-state index contributed by atoms with van der Waals surface area (Å²) in [6.07, 6.45) is 3.46. The summed E-state index contributed by atoms with van der Waals surface area (Å²) in [6.45, 7) is 5.21. The number of hydrogen-bond donors (Lipinski definition) is 4. The standard InChI is InChI=1S/C27H33N7O6S2/c1-19(31-22-10-11-24(33-27(22)41)39-16-14-28-2)32-26(35)25(34-40-18-23-29-12-4-13-30-23)20-6-8-21(9-7-20)42(36,37)17-5-15-38-3/h4,6-13,28,31H,1,5,14-18H2,2-3H3,(H,32,35)(H,33,41)/b34-25+. The number of methoxy groups -OCH3 is 1. The molecule has 0 aliphatic rings. The number of carbonyl (C=O) groups is 1. The van der Waals surface area contributed by atoms with Crippen molar-refractivity contribution in [2.45, 2.75) is 17.9 Å². The number of ether oxygens (including phenoxy) is 2. The van der Waals surface area contributed by atoms with Gasteiger partial charge in [-0.15, -0.1) is 0 Å². The molecule has 3 aromatic rings. The van der Waals surface area contributed by atoms with Crippen LogP contribution in [0.4, 0.5) is 5.69 Å². The van der Waals surface area contributed by atoms with Gasteiger partial charge in [-0.05, 0) is 37.7 Å². The van der Waals surface area contributed by atoms with Crippen LogP contribution in [-0.4, -0.2) is 74.7 Å². The number of aromatic amines is 1. The molecule has 15 heteroatoms. The number of pyridine rings is 1. The first-order valence-electron chi connectivity index (χ1n) is 12.8. The van der Waals surface area contributed by atoms with Crippen LogP contribution in [0.5, 0.6) is 5.88 Å². The predicted molar refractivity (Wildman–Crippen MR) is 160 cm³/mol. The van der Waals surface area contributed by atoms with Crippen LogP contribution in [-0.2, 0) is 30.8 Å². The number of H-pyrrole nitrogens is 1. The highest BCUT2D eigenvalue weighted by Crippen LogP contribution is 2.17. The van der Waals surface area contributed by atoms with Crippen LogP contribution < -0.4 is 20.7 Å². The van der Waals surface area contributed by atoms with Gasteiger partial charge in [-0.2, -0.15) is 0 Å². The van der Waals surface area contributed by atoms with Crippen LogP contribution in [0.15, 0.2) is 77.3 Å². The number of anilines is 1. The molecule has 0 radical (unpaired) electrons. The summed E-state index contributed by atoms with van der Waals surface area (Å²) >= 11 is 5.38. The lowest BCUT2D eigenvalue weighted by atomic mass is 10.1. The van der Waals surface area contributed by atoms with Gasteiger partial charge in [0.25, 0.3) is 5.91 Å². The highest BCUT2D eigenvalue weighted by Gasteiger charge is 2.19. The smallest absolute Gasteiger partial charge is 0.279 e. The first-order valence-corrected chi connectivity index (χ1v) is 14.9. The third kappa shape index (κ3) is 10.0. The zero-order valence-corrected chi connectivity index (χ0v) is 24.9. The highest BCUT2D eigenvalue weighted by molar-refractivity contribution is 7.91. The van der Waals surface area contributed by atoms with E-state index in [9.17, 15) is 13.2 Å². The Morgan fingerprint density at radius 1 is 1.12 bits per heavy atom. The van der Waals surface area contributed by atoms with Gasteiger partial charge in [0.1, 0.15) is 17.1 Å². The highest BCUT2D eigenvalue weighted by atomic mass is 32.2. The van der Waals surface area contributed by atoms with Crippen molar-refractivity contribution >= 4 is 39.4 Å². The van der Waals surface area contributed by atoms with Crippen LogP contribution in [0, 0.1) is 4.64 Å². The fourth-order valence-corrected chi connectivity index (χ4v) is 4.91. The fraction of sp³-hybridized carbons (Fsp3) is 0.296. The second kappa shape index (κ2) is 16.3.